The lowest BCUT2D eigenvalue weighted by Gasteiger charge is -2.44. The summed E-state index contributed by atoms with van der Waals surface area (Å²) in [6.07, 6.45) is -3.93. The van der Waals surface area contributed by atoms with Gasteiger partial charge in [0.2, 0.25) is 0 Å². The Labute approximate surface area is 237 Å². The van der Waals surface area contributed by atoms with Gasteiger partial charge < -0.3 is 28.6 Å². The average molecular weight is 574 g/mol. The van der Waals surface area contributed by atoms with Crippen molar-refractivity contribution in [1.29, 1.82) is 0 Å². The lowest BCUT2D eigenvalue weighted by Crippen LogP contribution is -2.62. The summed E-state index contributed by atoms with van der Waals surface area (Å²) >= 11 is 0. The first-order valence-corrected chi connectivity index (χ1v) is 13.4. The van der Waals surface area contributed by atoms with Gasteiger partial charge in [0.1, 0.15) is 18.8 Å². The molecule has 0 aromatic heterocycles. The molecule has 222 valence electrons. The van der Waals surface area contributed by atoms with E-state index in [0.717, 1.165) is 33.6 Å². The second kappa shape index (κ2) is 14.0. The van der Waals surface area contributed by atoms with Crippen molar-refractivity contribution < 1.29 is 52.5 Å². The third-order valence-electron chi connectivity index (χ3n) is 6.49. The Kier molecular flexibility index (Phi) is 10.8. The maximum absolute atomic E-state index is 13.4. The number of amides is 1. The predicted octanol–water partition coefficient (Wildman–Crippen LogP) is 2.30. The summed E-state index contributed by atoms with van der Waals surface area (Å²) in [5, 5.41) is 0. The number of allylic oxidation sites excluding steroid dienone is 1. The predicted molar refractivity (Wildman–Crippen MR) is 143 cm³/mol. The van der Waals surface area contributed by atoms with E-state index < -0.39 is 73.2 Å². The van der Waals surface area contributed by atoms with Crippen molar-refractivity contribution >= 4 is 46.8 Å². The third kappa shape index (κ3) is 8.00. The number of anilines is 1. The molecule has 0 bridgehead atoms. The first kappa shape index (κ1) is 31.5. The van der Waals surface area contributed by atoms with Gasteiger partial charge in [-0.3, -0.25) is 28.8 Å². The zero-order valence-electron chi connectivity index (χ0n) is 23.7. The molecule has 5 atom stereocenters. The Balaban J connectivity index is 1.96. The van der Waals surface area contributed by atoms with Crippen LogP contribution >= 0.6 is 0 Å². The van der Waals surface area contributed by atoms with E-state index >= 15 is 0 Å². The van der Waals surface area contributed by atoms with Crippen molar-refractivity contribution in [2.24, 2.45) is 0 Å². The van der Waals surface area contributed by atoms with E-state index in [-0.39, 0.29) is 11.5 Å². The summed E-state index contributed by atoms with van der Waals surface area (Å²) in [7, 11) is 0. The molecule has 1 aromatic rings. The highest BCUT2D eigenvalue weighted by Crippen LogP contribution is 2.37. The Morgan fingerprint density at radius 2 is 1.44 bits per heavy atom. The lowest BCUT2D eigenvalue weighted by atomic mass is 9.91. The fourth-order valence-corrected chi connectivity index (χ4v) is 4.88. The normalized spacial score (nSPS) is 24.4. The highest BCUT2D eigenvalue weighted by Gasteiger charge is 2.52. The molecule has 2 aliphatic heterocycles. The Morgan fingerprint density at radius 3 is 2.02 bits per heavy atom. The second-order valence-corrected chi connectivity index (χ2v) is 9.79. The highest BCUT2D eigenvalue weighted by atomic mass is 16.7. The van der Waals surface area contributed by atoms with Crippen LogP contribution < -0.4 is 4.90 Å². The first-order chi connectivity index (χ1) is 19.4. The number of rotatable bonds is 11. The number of ketones is 1. The van der Waals surface area contributed by atoms with E-state index in [2.05, 4.69) is 0 Å². The Morgan fingerprint density at radius 1 is 0.854 bits per heavy atom. The fraction of sp³-hybridized carbons (Fsp3) is 0.517. The minimum absolute atomic E-state index is 0.215. The minimum atomic E-state index is -1.38. The number of unbranched alkanes of at least 4 members (excludes halogenated alkanes) is 1. The molecule has 1 aromatic carbocycles. The van der Waals surface area contributed by atoms with E-state index in [1.807, 2.05) is 19.1 Å². The number of carbonyl (C=O) groups is 6. The van der Waals surface area contributed by atoms with Crippen LogP contribution in [0.15, 0.2) is 30.3 Å². The Bertz CT molecular complexity index is 1220. The largest absolute Gasteiger partial charge is 0.463 e. The first-order valence-electron chi connectivity index (χ1n) is 13.4. The van der Waals surface area contributed by atoms with Crippen LogP contribution in [0.3, 0.4) is 0 Å². The van der Waals surface area contributed by atoms with Crippen LogP contribution in [0.5, 0.6) is 0 Å². The lowest BCUT2D eigenvalue weighted by molar-refractivity contribution is -0.252. The van der Waals surface area contributed by atoms with E-state index in [1.165, 1.54) is 13.0 Å². The van der Waals surface area contributed by atoms with Gasteiger partial charge in [-0.2, -0.15) is 0 Å². The summed E-state index contributed by atoms with van der Waals surface area (Å²) in [6.45, 7) is 6.64. The smallest absolute Gasteiger partial charge is 0.303 e. The van der Waals surface area contributed by atoms with Crippen molar-refractivity contribution in [1.82, 2.24) is 0 Å². The van der Waals surface area contributed by atoms with Crippen LogP contribution in [0.1, 0.15) is 59.4 Å². The molecular formula is C29H35NO11. The minimum Gasteiger partial charge on any atom is -0.463 e. The van der Waals surface area contributed by atoms with Gasteiger partial charge in [0, 0.05) is 46.2 Å². The van der Waals surface area contributed by atoms with Gasteiger partial charge in [-0.15, -0.1) is 0 Å². The number of ether oxygens (including phenoxy) is 5. The van der Waals surface area contributed by atoms with Crippen LogP contribution in [0.2, 0.25) is 0 Å². The van der Waals surface area contributed by atoms with Crippen molar-refractivity contribution in [2.75, 3.05) is 18.1 Å². The van der Waals surface area contributed by atoms with Gasteiger partial charge in [-0.25, -0.2) is 0 Å². The molecule has 1 saturated heterocycles. The molecule has 12 nitrogen and oxygen atoms in total. The van der Waals surface area contributed by atoms with E-state index in [4.69, 9.17) is 23.7 Å². The topological polar surface area (TPSA) is 152 Å². The second-order valence-electron chi connectivity index (χ2n) is 9.79. The monoisotopic (exact) mass is 573 g/mol. The number of hydrogen-bond acceptors (Lipinski definition) is 11. The van der Waals surface area contributed by atoms with E-state index in [0.29, 0.717) is 17.8 Å². The zero-order chi connectivity index (χ0) is 30.3. The van der Waals surface area contributed by atoms with Crippen LogP contribution in [0.25, 0.3) is 5.57 Å². The number of carbonyl (C=O) groups excluding carboxylic acids is 6. The molecule has 1 amide bonds. The van der Waals surface area contributed by atoms with Gasteiger partial charge in [0.25, 0.3) is 5.91 Å². The van der Waals surface area contributed by atoms with Gasteiger partial charge in [-0.1, -0.05) is 31.5 Å². The molecule has 0 N–H and O–H groups in total. The summed E-state index contributed by atoms with van der Waals surface area (Å²) in [5.41, 5.74) is 1.54. The maximum Gasteiger partial charge on any atom is 0.303 e. The van der Waals surface area contributed by atoms with Crippen molar-refractivity contribution in [3.63, 3.8) is 0 Å². The molecule has 0 aliphatic carbocycles. The summed E-state index contributed by atoms with van der Waals surface area (Å²) in [6, 6.07) is 7.15. The molecular weight excluding hydrogens is 538 g/mol. The molecule has 41 heavy (non-hydrogen) atoms. The Hall–Kier alpha value is -4.06. The van der Waals surface area contributed by atoms with Gasteiger partial charge >= 0.3 is 23.9 Å². The van der Waals surface area contributed by atoms with Gasteiger partial charge in [-0.05, 0) is 18.6 Å². The van der Waals surface area contributed by atoms with Gasteiger partial charge in [0.05, 0.1) is 11.3 Å². The fourth-order valence-electron chi connectivity index (χ4n) is 4.88. The summed E-state index contributed by atoms with van der Waals surface area (Å²) in [4.78, 5) is 75.8. The highest BCUT2D eigenvalue weighted by molar-refractivity contribution is 6.35. The number of fused-ring (bicyclic) bond motifs is 1. The molecule has 0 radical (unpaired) electrons. The molecule has 1 fully saturated rings. The number of esters is 4. The summed E-state index contributed by atoms with van der Waals surface area (Å²) < 4.78 is 27.3. The van der Waals surface area contributed by atoms with Crippen molar-refractivity contribution in [3.8, 4) is 0 Å². The van der Waals surface area contributed by atoms with Gasteiger partial charge in [0.15, 0.2) is 24.1 Å². The number of benzene rings is 1. The SMILES string of the molecule is CCCCN1C(=O)/C(=C\C(=O)C[C@@H]2O[C@H](COC(C)=O)[C@@H](OC(C)=O)[C@H](OC(C)=O)[C@H]2OC(C)=O)c2ccccc21. The molecule has 2 heterocycles. The standard InChI is InChI=1S/C29H35NO11/c1-6-7-12-30-23-11-9-8-10-21(23)22(29(30)36)13-20(35)14-24-26(38-17(3)32)28(40-19(5)34)27(39-18(4)33)25(41-24)15-37-16(2)31/h8-11,13,24-28H,6-7,12,14-15H2,1-5H3/b22-13-/t24-,25+,26-,27+,28+/m0/s1. The molecule has 0 spiro atoms. The quantitative estimate of drug-likeness (QED) is 0.218. The molecule has 3 rings (SSSR count). The van der Waals surface area contributed by atoms with Crippen LogP contribution in [-0.4, -0.2) is 79.2 Å². The van der Waals surface area contributed by atoms with Crippen LogP contribution in [0.4, 0.5) is 5.69 Å². The number of nitrogens with zero attached hydrogens (tertiary/aromatic N) is 1. The number of hydrogen-bond donors (Lipinski definition) is 0. The molecule has 12 heteroatoms. The van der Waals surface area contributed by atoms with E-state index in [1.54, 1.807) is 17.0 Å². The average Bonchev–Trinajstić information content (AvgIpc) is 3.14. The maximum atomic E-state index is 13.4. The zero-order valence-corrected chi connectivity index (χ0v) is 23.7. The van der Waals surface area contributed by atoms with Crippen LogP contribution in [-0.2, 0) is 52.5 Å². The van der Waals surface area contributed by atoms with Crippen molar-refractivity contribution in [2.45, 2.75) is 84.4 Å². The number of para-hydroxylation sites is 1. The molecule has 2 aliphatic rings. The molecule has 0 unspecified atom stereocenters. The van der Waals surface area contributed by atoms with Crippen LogP contribution in [0, 0.1) is 0 Å². The van der Waals surface area contributed by atoms with E-state index in [9.17, 15) is 28.8 Å². The third-order valence-corrected chi connectivity index (χ3v) is 6.49. The molecule has 0 saturated carbocycles. The summed E-state index contributed by atoms with van der Waals surface area (Å²) in [5.74, 6) is -3.78. The van der Waals surface area contributed by atoms with Crippen molar-refractivity contribution in [3.05, 3.63) is 35.9 Å².